The van der Waals surface area contributed by atoms with Gasteiger partial charge in [-0.1, -0.05) is 83.6 Å². The Balaban J connectivity index is 1.89. The van der Waals surface area contributed by atoms with E-state index in [2.05, 4.69) is 18.0 Å². The van der Waals surface area contributed by atoms with E-state index in [1.165, 1.54) is 88.3 Å². The van der Waals surface area contributed by atoms with E-state index < -0.39 is 0 Å². The van der Waals surface area contributed by atoms with Gasteiger partial charge in [0.1, 0.15) is 0 Å². The Kier molecular flexibility index (Phi) is 12.5. The lowest BCUT2D eigenvalue weighted by Crippen LogP contribution is -1.95. The fourth-order valence-corrected chi connectivity index (χ4v) is 3.19. The Hall–Kier alpha value is -0.560. The Labute approximate surface area is 142 Å². The Morgan fingerprint density at radius 3 is 1.91 bits per heavy atom. The molecular formula is C20H34ClN. The van der Waals surface area contributed by atoms with E-state index in [0.717, 1.165) is 6.42 Å². The van der Waals surface area contributed by atoms with Crippen LogP contribution in [0.5, 0.6) is 0 Å². The van der Waals surface area contributed by atoms with Gasteiger partial charge in [0, 0.05) is 17.8 Å². The second-order valence-corrected chi connectivity index (χ2v) is 6.65. The van der Waals surface area contributed by atoms with Gasteiger partial charge in [-0.3, -0.25) is 4.98 Å². The van der Waals surface area contributed by atoms with E-state index >= 15 is 0 Å². The van der Waals surface area contributed by atoms with Crippen LogP contribution < -0.4 is 0 Å². The monoisotopic (exact) mass is 323 g/mol. The molecule has 1 rings (SSSR count). The second kappa shape index (κ2) is 14.1. The van der Waals surface area contributed by atoms with E-state index in [0.29, 0.717) is 5.88 Å². The minimum atomic E-state index is 0.585. The van der Waals surface area contributed by atoms with Gasteiger partial charge in [0.25, 0.3) is 0 Å². The molecular weight excluding hydrogens is 290 g/mol. The summed E-state index contributed by atoms with van der Waals surface area (Å²) < 4.78 is 0. The van der Waals surface area contributed by atoms with E-state index in [9.17, 15) is 0 Å². The SMILES string of the molecule is CCCCCCCCCCCCCCc1ncccc1CCl. The van der Waals surface area contributed by atoms with E-state index in [1.54, 1.807) is 0 Å². The largest absolute Gasteiger partial charge is 0.261 e. The smallest absolute Gasteiger partial charge is 0.0492 e. The minimum Gasteiger partial charge on any atom is -0.261 e. The van der Waals surface area contributed by atoms with Crippen molar-refractivity contribution in [3.05, 3.63) is 29.6 Å². The highest BCUT2D eigenvalue weighted by atomic mass is 35.5. The molecule has 2 heteroatoms. The average molecular weight is 324 g/mol. The van der Waals surface area contributed by atoms with Crippen LogP contribution >= 0.6 is 11.6 Å². The summed E-state index contributed by atoms with van der Waals surface area (Å²) >= 11 is 5.94. The first kappa shape index (κ1) is 19.5. The van der Waals surface area contributed by atoms with E-state index in [1.807, 2.05) is 12.3 Å². The molecule has 0 aliphatic heterocycles. The lowest BCUT2D eigenvalue weighted by Gasteiger charge is -2.06. The number of aromatic nitrogens is 1. The van der Waals surface area contributed by atoms with Gasteiger partial charge in [0.05, 0.1) is 0 Å². The molecule has 22 heavy (non-hydrogen) atoms. The number of aryl methyl sites for hydroxylation is 1. The third-order valence-electron chi connectivity index (χ3n) is 4.40. The highest BCUT2D eigenvalue weighted by Crippen LogP contribution is 2.15. The van der Waals surface area contributed by atoms with Crippen LogP contribution in [-0.2, 0) is 12.3 Å². The lowest BCUT2D eigenvalue weighted by molar-refractivity contribution is 0.543. The molecule has 0 radical (unpaired) electrons. The summed E-state index contributed by atoms with van der Waals surface area (Å²) in [5.74, 6) is 0.585. The zero-order valence-electron chi connectivity index (χ0n) is 14.5. The van der Waals surface area contributed by atoms with Gasteiger partial charge in [0.15, 0.2) is 0 Å². The van der Waals surface area contributed by atoms with Crippen LogP contribution in [0.15, 0.2) is 18.3 Å². The van der Waals surface area contributed by atoms with Crippen molar-refractivity contribution >= 4 is 11.6 Å². The maximum absolute atomic E-state index is 5.94. The number of alkyl halides is 1. The molecule has 0 atom stereocenters. The first-order chi connectivity index (χ1) is 10.9. The molecule has 0 aromatic carbocycles. The topological polar surface area (TPSA) is 12.9 Å². The lowest BCUT2D eigenvalue weighted by atomic mass is 10.0. The fourth-order valence-electron chi connectivity index (χ4n) is 2.95. The van der Waals surface area contributed by atoms with Crippen molar-refractivity contribution in [2.24, 2.45) is 0 Å². The zero-order chi connectivity index (χ0) is 15.9. The number of nitrogens with zero attached hydrogens (tertiary/aromatic N) is 1. The van der Waals surface area contributed by atoms with Crippen LogP contribution in [0.1, 0.15) is 95.2 Å². The van der Waals surface area contributed by atoms with Crippen molar-refractivity contribution in [1.82, 2.24) is 4.98 Å². The highest BCUT2D eigenvalue weighted by molar-refractivity contribution is 6.17. The summed E-state index contributed by atoms with van der Waals surface area (Å²) in [5, 5.41) is 0. The van der Waals surface area contributed by atoms with E-state index in [-0.39, 0.29) is 0 Å². The van der Waals surface area contributed by atoms with Crippen molar-refractivity contribution in [2.75, 3.05) is 0 Å². The van der Waals surface area contributed by atoms with Crippen LogP contribution in [0.4, 0.5) is 0 Å². The van der Waals surface area contributed by atoms with Crippen LogP contribution in [0.25, 0.3) is 0 Å². The predicted molar refractivity (Wildman–Crippen MR) is 98.6 cm³/mol. The van der Waals surface area contributed by atoms with Gasteiger partial charge < -0.3 is 0 Å². The van der Waals surface area contributed by atoms with Gasteiger partial charge in [-0.15, -0.1) is 11.6 Å². The summed E-state index contributed by atoms with van der Waals surface area (Å²) in [6.45, 7) is 2.28. The van der Waals surface area contributed by atoms with Gasteiger partial charge in [-0.25, -0.2) is 0 Å². The Morgan fingerprint density at radius 2 is 1.36 bits per heavy atom. The zero-order valence-corrected chi connectivity index (χ0v) is 15.2. The molecule has 0 aliphatic carbocycles. The molecule has 0 spiro atoms. The molecule has 0 unspecified atom stereocenters. The van der Waals surface area contributed by atoms with Crippen molar-refractivity contribution in [1.29, 1.82) is 0 Å². The normalized spacial score (nSPS) is 11.0. The van der Waals surface area contributed by atoms with Crippen LogP contribution in [0.3, 0.4) is 0 Å². The Bertz CT molecular complexity index is 364. The van der Waals surface area contributed by atoms with Crippen LogP contribution in [0, 0.1) is 0 Å². The number of halogens is 1. The summed E-state index contributed by atoms with van der Waals surface area (Å²) in [7, 11) is 0. The van der Waals surface area contributed by atoms with Gasteiger partial charge >= 0.3 is 0 Å². The minimum absolute atomic E-state index is 0.585. The third kappa shape index (κ3) is 9.46. The highest BCUT2D eigenvalue weighted by Gasteiger charge is 2.01. The number of pyridine rings is 1. The van der Waals surface area contributed by atoms with Crippen LogP contribution in [0.2, 0.25) is 0 Å². The first-order valence-corrected chi connectivity index (χ1v) is 9.90. The molecule has 0 saturated heterocycles. The summed E-state index contributed by atoms with van der Waals surface area (Å²) in [6, 6.07) is 4.07. The summed E-state index contributed by atoms with van der Waals surface area (Å²) in [6.07, 6.45) is 19.7. The maximum atomic E-state index is 5.94. The van der Waals surface area contributed by atoms with Gasteiger partial charge in [-0.2, -0.15) is 0 Å². The maximum Gasteiger partial charge on any atom is 0.0492 e. The molecule has 0 aliphatic rings. The molecule has 0 amide bonds. The molecule has 1 aromatic rings. The van der Waals surface area contributed by atoms with Crippen molar-refractivity contribution in [3.63, 3.8) is 0 Å². The number of unbranched alkanes of at least 4 members (excludes halogenated alkanes) is 11. The van der Waals surface area contributed by atoms with Crippen molar-refractivity contribution in [3.8, 4) is 0 Å². The van der Waals surface area contributed by atoms with Gasteiger partial charge in [0.2, 0.25) is 0 Å². The first-order valence-electron chi connectivity index (χ1n) is 9.37. The predicted octanol–water partition coefficient (Wildman–Crippen LogP) is 7.06. The van der Waals surface area contributed by atoms with Crippen molar-refractivity contribution < 1.29 is 0 Å². The quantitative estimate of drug-likeness (QED) is 0.263. The number of rotatable bonds is 14. The summed E-state index contributed by atoms with van der Waals surface area (Å²) in [4.78, 5) is 4.45. The molecule has 1 nitrogen and oxygen atoms in total. The number of hydrogen-bond acceptors (Lipinski definition) is 1. The molecule has 0 bridgehead atoms. The standard InChI is InChI=1S/C20H34ClN/c1-2-3-4-5-6-7-8-9-10-11-12-13-16-20-19(18-21)15-14-17-22-20/h14-15,17H,2-13,16,18H2,1H3. The van der Waals surface area contributed by atoms with Crippen molar-refractivity contribution in [2.45, 2.75) is 96.3 Å². The van der Waals surface area contributed by atoms with Crippen LogP contribution in [-0.4, -0.2) is 4.98 Å². The molecule has 126 valence electrons. The molecule has 0 N–H and O–H groups in total. The molecule has 1 heterocycles. The van der Waals surface area contributed by atoms with Gasteiger partial charge in [-0.05, 0) is 24.5 Å². The Morgan fingerprint density at radius 1 is 0.818 bits per heavy atom. The van der Waals surface area contributed by atoms with E-state index in [4.69, 9.17) is 11.6 Å². The molecule has 0 fully saturated rings. The average Bonchev–Trinajstić information content (AvgIpc) is 2.56. The molecule has 0 saturated carbocycles. The molecule has 1 aromatic heterocycles. The third-order valence-corrected chi connectivity index (χ3v) is 4.68. The number of hydrogen-bond donors (Lipinski definition) is 0. The fraction of sp³-hybridized carbons (Fsp3) is 0.750. The summed E-state index contributed by atoms with van der Waals surface area (Å²) in [5.41, 5.74) is 2.40. The second-order valence-electron chi connectivity index (χ2n) is 6.38.